The van der Waals surface area contributed by atoms with E-state index in [0.717, 1.165) is 32.2 Å². The highest BCUT2D eigenvalue weighted by Gasteiger charge is 2.39. The molecule has 0 spiro atoms. The SMILES string of the molecule is CCC(CC)(CNC(=O)C1(CN)CCOCC1)SC.Cl. The fourth-order valence-electron chi connectivity index (χ4n) is 2.58. The second-order valence-electron chi connectivity index (χ2n) is 5.37. The molecule has 6 heteroatoms. The third-order valence-electron chi connectivity index (χ3n) is 4.62. The van der Waals surface area contributed by atoms with Gasteiger partial charge in [-0.05, 0) is 31.9 Å². The Bertz CT molecular complexity index is 285. The van der Waals surface area contributed by atoms with Gasteiger partial charge in [-0.15, -0.1) is 12.4 Å². The second-order valence-corrected chi connectivity index (χ2v) is 6.65. The van der Waals surface area contributed by atoms with Crippen LogP contribution < -0.4 is 11.1 Å². The van der Waals surface area contributed by atoms with Crippen LogP contribution >= 0.6 is 24.2 Å². The van der Waals surface area contributed by atoms with E-state index in [1.807, 2.05) is 11.8 Å². The Hall–Kier alpha value is 0.0300. The van der Waals surface area contributed by atoms with Gasteiger partial charge in [0.2, 0.25) is 5.91 Å². The summed E-state index contributed by atoms with van der Waals surface area (Å²) in [5.41, 5.74) is 5.44. The van der Waals surface area contributed by atoms with Crippen molar-refractivity contribution < 1.29 is 9.53 Å². The predicted octanol–water partition coefficient (Wildman–Crippen LogP) is 2.20. The van der Waals surface area contributed by atoms with E-state index in [1.54, 1.807) is 0 Å². The molecule has 1 amide bonds. The lowest BCUT2D eigenvalue weighted by Crippen LogP contribution is -2.52. The number of thioether (sulfide) groups is 1. The monoisotopic (exact) mass is 324 g/mol. The first-order valence-electron chi connectivity index (χ1n) is 7.19. The summed E-state index contributed by atoms with van der Waals surface area (Å²) in [7, 11) is 0. The third kappa shape index (κ3) is 4.52. The Morgan fingerprint density at radius 3 is 2.30 bits per heavy atom. The Kier molecular flexibility index (Phi) is 9.14. The fourth-order valence-corrected chi connectivity index (χ4v) is 3.37. The van der Waals surface area contributed by atoms with Crippen LogP contribution in [0, 0.1) is 5.41 Å². The lowest BCUT2D eigenvalue weighted by atomic mass is 9.79. The number of nitrogens with two attached hydrogens (primary N) is 1. The highest BCUT2D eigenvalue weighted by atomic mass is 35.5. The van der Waals surface area contributed by atoms with E-state index in [9.17, 15) is 4.79 Å². The van der Waals surface area contributed by atoms with Crippen molar-refractivity contribution in [2.75, 3.05) is 32.6 Å². The minimum atomic E-state index is -0.413. The number of carbonyl (C=O) groups is 1. The number of hydrogen-bond donors (Lipinski definition) is 2. The Balaban J connectivity index is 0.00000361. The summed E-state index contributed by atoms with van der Waals surface area (Å²) in [5.74, 6) is 0.110. The van der Waals surface area contributed by atoms with Crippen LogP contribution in [0.4, 0.5) is 0 Å². The number of hydrogen-bond acceptors (Lipinski definition) is 4. The Morgan fingerprint density at radius 2 is 1.90 bits per heavy atom. The lowest BCUT2D eigenvalue weighted by Gasteiger charge is -2.37. The van der Waals surface area contributed by atoms with Crippen molar-refractivity contribution in [2.45, 2.75) is 44.3 Å². The maximum Gasteiger partial charge on any atom is 0.227 e. The summed E-state index contributed by atoms with van der Waals surface area (Å²) in [6.45, 7) is 6.77. The predicted molar refractivity (Wildman–Crippen MR) is 88.6 cm³/mol. The van der Waals surface area contributed by atoms with Gasteiger partial charge in [0.05, 0.1) is 5.41 Å². The van der Waals surface area contributed by atoms with Crippen LogP contribution in [0.5, 0.6) is 0 Å². The van der Waals surface area contributed by atoms with E-state index in [2.05, 4.69) is 25.4 Å². The molecule has 0 bridgehead atoms. The summed E-state index contributed by atoms with van der Waals surface area (Å²) in [6.07, 6.45) is 5.71. The molecule has 0 aliphatic carbocycles. The molecule has 1 aliphatic heterocycles. The molecule has 1 rings (SSSR count). The topological polar surface area (TPSA) is 64.4 Å². The number of carbonyl (C=O) groups excluding carboxylic acids is 1. The van der Waals surface area contributed by atoms with Gasteiger partial charge in [-0.3, -0.25) is 4.79 Å². The van der Waals surface area contributed by atoms with Crippen LogP contribution in [0.2, 0.25) is 0 Å². The maximum atomic E-state index is 12.5. The number of rotatable bonds is 7. The van der Waals surface area contributed by atoms with Crippen molar-refractivity contribution in [1.29, 1.82) is 0 Å². The molecule has 1 aliphatic rings. The standard InChI is InChI=1S/C14H28N2O2S.ClH/c1-4-14(5-2,19-3)11-16-12(17)13(10-15)6-8-18-9-7-13;/h4-11,15H2,1-3H3,(H,16,17);1H. The summed E-state index contributed by atoms with van der Waals surface area (Å²) in [5, 5.41) is 3.14. The smallest absolute Gasteiger partial charge is 0.227 e. The average molecular weight is 325 g/mol. The summed E-state index contributed by atoms with van der Waals surface area (Å²) in [6, 6.07) is 0. The average Bonchev–Trinajstić information content (AvgIpc) is 2.49. The molecule has 1 fully saturated rings. The van der Waals surface area contributed by atoms with E-state index >= 15 is 0 Å². The van der Waals surface area contributed by atoms with Gasteiger partial charge in [-0.2, -0.15) is 11.8 Å². The molecule has 0 aromatic rings. The molecule has 1 saturated heterocycles. The van der Waals surface area contributed by atoms with E-state index in [0.29, 0.717) is 19.8 Å². The maximum absolute atomic E-state index is 12.5. The number of halogens is 1. The molecular formula is C14H29ClN2O2S. The zero-order valence-electron chi connectivity index (χ0n) is 12.9. The minimum absolute atomic E-state index is 0. The summed E-state index contributed by atoms with van der Waals surface area (Å²) in [4.78, 5) is 12.5. The number of amides is 1. The quantitative estimate of drug-likeness (QED) is 0.753. The molecule has 0 unspecified atom stereocenters. The summed E-state index contributed by atoms with van der Waals surface area (Å²) >= 11 is 1.84. The van der Waals surface area contributed by atoms with Gasteiger partial charge in [0, 0.05) is 31.1 Å². The normalized spacial score (nSPS) is 18.2. The van der Waals surface area contributed by atoms with Crippen molar-refractivity contribution >= 4 is 30.1 Å². The van der Waals surface area contributed by atoms with Crippen LogP contribution in [-0.2, 0) is 9.53 Å². The third-order valence-corrected chi connectivity index (χ3v) is 6.20. The van der Waals surface area contributed by atoms with Gasteiger partial charge in [-0.25, -0.2) is 0 Å². The van der Waals surface area contributed by atoms with Crippen LogP contribution in [0.15, 0.2) is 0 Å². The highest BCUT2D eigenvalue weighted by Crippen LogP contribution is 2.32. The van der Waals surface area contributed by atoms with E-state index in [1.165, 1.54) is 0 Å². The first-order valence-corrected chi connectivity index (χ1v) is 8.42. The second kappa shape index (κ2) is 9.13. The molecule has 3 N–H and O–H groups in total. The summed E-state index contributed by atoms with van der Waals surface area (Å²) < 4.78 is 5.50. The first-order chi connectivity index (χ1) is 9.08. The first kappa shape index (κ1) is 20.0. The van der Waals surface area contributed by atoms with E-state index < -0.39 is 5.41 Å². The van der Waals surface area contributed by atoms with Crippen LogP contribution in [0.3, 0.4) is 0 Å². The zero-order valence-corrected chi connectivity index (χ0v) is 14.5. The number of nitrogens with one attached hydrogen (secondary N) is 1. The molecule has 0 saturated carbocycles. The molecular weight excluding hydrogens is 296 g/mol. The lowest BCUT2D eigenvalue weighted by molar-refractivity contribution is -0.136. The molecule has 0 atom stereocenters. The number of ether oxygens (including phenoxy) is 1. The zero-order chi connectivity index (χ0) is 14.4. The van der Waals surface area contributed by atoms with Gasteiger partial charge >= 0.3 is 0 Å². The molecule has 0 aromatic heterocycles. The van der Waals surface area contributed by atoms with Crippen molar-refractivity contribution in [3.05, 3.63) is 0 Å². The van der Waals surface area contributed by atoms with Crippen molar-refractivity contribution in [1.82, 2.24) is 5.32 Å². The molecule has 20 heavy (non-hydrogen) atoms. The van der Waals surface area contributed by atoms with E-state index in [-0.39, 0.29) is 23.1 Å². The molecule has 0 radical (unpaired) electrons. The van der Waals surface area contributed by atoms with Gasteiger partial charge in [0.1, 0.15) is 0 Å². The minimum Gasteiger partial charge on any atom is -0.381 e. The van der Waals surface area contributed by atoms with Gasteiger partial charge < -0.3 is 15.8 Å². The van der Waals surface area contributed by atoms with Gasteiger partial charge in [0.15, 0.2) is 0 Å². The largest absolute Gasteiger partial charge is 0.381 e. The Morgan fingerprint density at radius 1 is 1.35 bits per heavy atom. The molecule has 0 aromatic carbocycles. The Labute approximate surface area is 133 Å². The molecule has 4 nitrogen and oxygen atoms in total. The van der Waals surface area contributed by atoms with Gasteiger partial charge in [0.25, 0.3) is 0 Å². The molecule has 120 valence electrons. The van der Waals surface area contributed by atoms with Crippen LogP contribution in [0.25, 0.3) is 0 Å². The van der Waals surface area contributed by atoms with Crippen LogP contribution in [-0.4, -0.2) is 43.2 Å². The van der Waals surface area contributed by atoms with Crippen molar-refractivity contribution in [3.8, 4) is 0 Å². The van der Waals surface area contributed by atoms with Crippen molar-refractivity contribution in [3.63, 3.8) is 0 Å². The van der Waals surface area contributed by atoms with Crippen LogP contribution in [0.1, 0.15) is 39.5 Å². The molecule has 1 heterocycles. The van der Waals surface area contributed by atoms with Crippen molar-refractivity contribution in [2.24, 2.45) is 11.1 Å². The van der Waals surface area contributed by atoms with Gasteiger partial charge in [-0.1, -0.05) is 13.8 Å². The highest BCUT2D eigenvalue weighted by molar-refractivity contribution is 8.00. The fraction of sp³-hybridized carbons (Fsp3) is 0.929. The van der Waals surface area contributed by atoms with E-state index in [4.69, 9.17) is 10.5 Å².